The van der Waals surface area contributed by atoms with Gasteiger partial charge >= 0.3 is 0 Å². The van der Waals surface area contributed by atoms with Gasteiger partial charge in [0, 0.05) is 37.2 Å². The van der Waals surface area contributed by atoms with E-state index in [0.717, 1.165) is 11.6 Å². The van der Waals surface area contributed by atoms with E-state index in [1.165, 1.54) is 23.4 Å². The standard InChI is InChI=1S/C21H24ClFN4O3S/c1-14-12-17(6-7-18(14)23)31(29,30)27-10-8-26(9-11-27)21(28)20-13-19(24-25-20)15-2-4-16(22)5-3-15/h2-7,12,19-20,24-25H,8-11,13H2,1H3. The summed E-state index contributed by atoms with van der Waals surface area (Å²) in [4.78, 5) is 14.7. The average molecular weight is 467 g/mol. The van der Waals surface area contributed by atoms with E-state index in [9.17, 15) is 17.6 Å². The monoisotopic (exact) mass is 466 g/mol. The maximum atomic E-state index is 13.5. The highest BCUT2D eigenvalue weighted by atomic mass is 35.5. The van der Waals surface area contributed by atoms with Gasteiger partial charge in [-0.1, -0.05) is 23.7 Å². The van der Waals surface area contributed by atoms with Crippen molar-refractivity contribution >= 4 is 27.5 Å². The van der Waals surface area contributed by atoms with Crippen molar-refractivity contribution in [3.63, 3.8) is 0 Å². The van der Waals surface area contributed by atoms with Crippen molar-refractivity contribution in [3.8, 4) is 0 Å². The van der Waals surface area contributed by atoms with E-state index < -0.39 is 15.8 Å². The lowest BCUT2D eigenvalue weighted by molar-refractivity contribution is -0.134. The SMILES string of the molecule is Cc1cc(S(=O)(=O)N2CCN(C(=O)C3CC(c4ccc(Cl)cc4)NN3)CC2)ccc1F. The highest BCUT2D eigenvalue weighted by Gasteiger charge is 2.36. The molecule has 7 nitrogen and oxygen atoms in total. The molecule has 2 N–H and O–H groups in total. The second-order valence-corrected chi connectivity index (χ2v) is 10.2. The normalized spacial score (nSPS) is 22.6. The van der Waals surface area contributed by atoms with Gasteiger partial charge < -0.3 is 4.90 Å². The molecule has 2 saturated heterocycles. The summed E-state index contributed by atoms with van der Waals surface area (Å²) in [6, 6.07) is 10.9. The fraction of sp³-hybridized carbons (Fsp3) is 0.381. The molecule has 2 fully saturated rings. The Kier molecular flexibility index (Phi) is 6.32. The number of carbonyl (C=O) groups excluding carboxylic acids is 1. The second-order valence-electron chi connectivity index (χ2n) is 7.82. The van der Waals surface area contributed by atoms with Gasteiger partial charge in [0.05, 0.1) is 4.90 Å². The van der Waals surface area contributed by atoms with Crippen LogP contribution in [-0.2, 0) is 14.8 Å². The van der Waals surface area contributed by atoms with E-state index in [1.807, 2.05) is 24.3 Å². The number of hydrogen-bond donors (Lipinski definition) is 2. The van der Waals surface area contributed by atoms with Crippen LogP contribution in [0.2, 0.25) is 5.02 Å². The molecule has 2 aromatic carbocycles. The molecule has 0 radical (unpaired) electrons. The summed E-state index contributed by atoms with van der Waals surface area (Å²) < 4.78 is 40.6. The van der Waals surface area contributed by atoms with Crippen LogP contribution >= 0.6 is 11.6 Å². The zero-order valence-electron chi connectivity index (χ0n) is 17.0. The Morgan fingerprint density at radius 2 is 1.74 bits per heavy atom. The zero-order chi connectivity index (χ0) is 22.2. The summed E-state index contributed by atoms with van der Waals surface area (Å²) in [6.45, 7) is 2.55. The highest BCUT2D eigenvalue weighted by Crippen LogP contribution is 2.25. The van der Waals surface area contributed by atoms with Crippen LogP contribution in [0, 0.1) is 12.7 Å². The fourth-order valence-electron chi connectivity index (χ4n) is 3.93. The first kappa shape index (κ1) is 22.2. The average Bonchev–Trinajstić information content (AvgIpc) is 3.26. The third-order valence-corrected chi connectivity index (χ3v) is 7.94. The molecular formula is C21H24ClFN4O3S. The molecule has 0 spiro atoms. The Morgan fingerprint density at radius 1 is 1.06 bits per heavy atom. The van der Waals surface area contributed by atoms with Gasteiger partial charge in [0.2, 0.25) is 15.9 Å². The molecule has 0 aromatic heterocycles. The molecule has 2 aliphatic heterocycles. The molecule has 4 rings (SSSR count). The number of nitrogens with zero attached hydrogens (tertiary/aromatic N) is 2. The lowest BCUT2D eigenvalue weighted by Crippen LogP contribution is -2.54. The number of halogens is 2. The van der Waals surface area contributed by atoms with Crippen LogP contribution in [0.1, 0.15) is 23.6 Å². The Labute approximate surface area is 186 Å². The van der Waals surface area contributed by atoms with Gasteiger partial charge in [0.25, 0.3) is 0 Å². The lowest BCUT2D eigenvalue weighted by Gasteiger charge is -2.35. The minimum atomic E-state index is -3.73. The van der Waals surface area contributed by atoms with Gasteiger partial charge in [0.15, 0.2) is 0 Å². The topological polar surface area (TPSA) is 81.8 Å². The summed E-state index contributed by atoms with van der Waals surface area (Å²) in [6.07, 6.45) is 0.591. The molecule has 166 valence electrons. The van der Waals surface area contributed by atoms with Crippen LogP contribution in [0.15, 0.2) is 47.4 Å². The number of carbonyl (C=O) groups is 1. The van der Waals surface area contributed by atoms with Crippen LogP contribution < -0.4 is 10.9 Å². The molecule has 0 aliphatic carbocycles. The number of hydrogen-bond acceptors (Lipinski definition) is 5. The molecule has 2 aliphatic rings. The second kappa shape index (κ2) is 8.84. The number of amides is 1. The smallest absolute Gasteiger partial charge is 0.243 e. The van der Waals surface area contributed by atoms with Crippen LogP contribution in [-0.4, -0.2) is 55.8 Å². The number of rotatable bonds is 4. The molecule has 2 atom stereocenters. The van der Waals surface area contributed by atoms with Gasteiger partial charge in [-0.15, -0.1) is 0 Å². The molecule has 0 saturated carbocycles. The zero-order valence-corrected chi connectivity index (χ0v) is 18.6. The molecule has 2 aromatic rings. The largest absolute Gasteiger partial charge is 0.339 e. The molecule has 0 bridgehead atoms. The van der Waals surface area contributed by atoms with Gasteiger partial charge in [-0.05, 0) is 54.8 Å². The predicted molar refractivity (Wildman–Crippen MR) is 115 cm³/mol. The van der Waals surface area contributed by atoms with E-state index in [-0.39, 0.29) is 41.5 Å². The summed E-state index contributed by atoms with van der Waals surface area (Å²) in [5, 5.41) is 0.658. The summed E-state index contributed by atoms with van der Waals surface area (Å²) in [7, 11) is -3.73. The number of nitrogens with one attached hydrogen (secondary N) is 2. The van der Waals surface area contributed by atoms with Crippen molar-refractivity contribution in [2.45, 2.75) is 30.3 Å². The van der Waals surface area contributed by atoms with E-state index in [2.05, 4.69) is 10.9 Å². The van der Waals surface area contributed by atoms with Crippen LogP contribution in [0.25, 0.3) is 0 Å². The van der Waals surface area contributed by atoms with E-state index in [4.69, 9.17) is 11.6 Å². The number of hydrazine groups is 1. The van der Waals surface area contributed by atoms with Crippen molar-refractivity contribution in [2.75, 3.05) is 26.2 Å². The van der Waals surface area contributed by atoms with Crippen molar-refractivity contribution < 1.29 is 17.6 Å². The van der Waals surface area contributed by atoms with E-state index in [1.54, 1.807) is 4.90 Å². The summed E-state index contributed by atoms with van der Waals surface area (Å²) in [5.41, 5.74) is 7.53. The van der Waals surface area contributed by atoms with Crippen LogP contribution in [0.4, 0.5) is 4.39 Å². The van der Waals surface area contributed by atoms with Crippen LogP contribution in [0.3, 0.4) is 0 Å². The summed E-state index contributed by atoms with van der Waals surface area (Å²) in [5.74, 6) is -0.498. The van der Waals surface area contributed by atoms with Gasteiger partial charge in [-0.2, -0.15) is 4.31 Å². The molecule has 2 heterocycles. The van der Waals surface area contributed by atoms with E-state index >= 15 is 0 Å². The Hall–Kier alpha value is -2.04. The Balaban J connectivity index is 1.35. The minimum absolute atomic E-state index is 0.00500. The lowest BCUT2D eigenvalue weighted by atomic mass is 10.0. The Morgan fingerprint density at radius 3 is 2.39 bits per heavy atom. The third kappa shape index (κ3) is 4.61. The number of aryl methyl sites for hydroxylation is 1. The molecule has 2 unspecified atom stereocenters. The fourth-order valence-corrected chi connectivity index (χ4v) is 5.56. The van der Waals surface area contributed by atoms with Crippen molar-refractivity contribution in [3.05, 3.63) is 64.4 Å². The number of sulfonamides is 1. The first-order valence-electron chi connectivity index (χ1n) is 10.1. The summed E-state index contributed by atoms with van der Waals surface area (Å²) >= 11 is 5.94. The maximum absolute atomic E-state index is 13.5. The molecule has 31 heavy (non-hydrogen) atoms. The van der Waals surface area contributed by atoms with Gasteiger partial charge in [-0.25, -0.2) is 23.7 Å². The first-order valence-corrected chi connectivity index (χ1v) is 11.9. The molecular weight excluding hydrogens is 443 g/mol. The van der Waals surface area contributed by atoms with Crippen molar-refractivity contribution in [1.82, 2.24) is 20.1 Å². The quantitative estimate of drug-likeness (QED) is 0.722. The van der Waals surface area contributed by atoms with Crippen molar-refractivity contribution in [1.29, 1.82) is 0 Å². The third-order valence-electron chi connectivity index (χ3n) is 5.79. The minimum Gasteiger partial charge on any atom is -0.339 e. The molecule has 1 amide bonds. The maximum Gasteiger partial charge on any atom is 0.243 e. The highest BCUT2D eigenvalue weighted by molar-refractivity contribution is 7.89. The molecule has 10 heteroatoms. The predicted octanol–water partition coefficient (Wildman–Crippen LogP) is 2.23. The van der Waals surface area contributed by atoms with Crippen LogP contribution in [0.5, 0.6) is 0 Å². The van der Waals surface area contributed by atoms with Gasteiger partial charge in [0.1, 0.15) is 11.9 Å². The first-order chi connectivity index (χ1) is 14.8. The number of benzene rings is 2. The van der Waals surface area contributed by atoms with Gasteiger partial charge in [-0.3, -0.25) is 4.79 Å². The number of piperazine rings is 1. The van der Waals surface area contributed by atoms with Crippen molar-refractivity contribution in [2.24, 2.45) is 0 Å². The Bertz CT molecular complexity index is 1070. The van der Waals surface area contributed by atoms with E-state index in [0.29, 0.717) is 24.5 Å².